The van der Waals surface area contributed by atoms with E-state index in [0.29, 0.717) is 5.92 Å². The fraction of sp³-hybridized carbons (Fsp3) is 1.00. The van der Waals surface area contributed by atoms with Crippen LogP contribution in [0.3, 0.4) is 0 Å². The van der Waals surface area contributed by atoms with Gasteiger partial charge in [-0.05, 0) is 12.8 Å². The van der Waals surface area contributed by atoms with Crippen molar-refractivity contribution in [3.05, 3.63) is 0 Å². The zero-order valence-electron chi connectivity index (χ0n) is 12.5. The number of unbranched alkanes of at least 4 members (excludes halogenated alkanes) is 6. The summed E-state index contributed by atoms with van der Waals surface area (Å²) in [5.41, 5.74) is 0. The molecule has 0 unspecified atom stereocenters. The lowest BCUT2D eigenvalue weighted by atomic mass is 9.94. The first-order valence-corrected chi connectivity index (χ1v) is 8.11. The van der Waals surface area contributed by atoms with Crippen LogP contribution in [-0.2, 0) is 9.47 Å². The van der Waals surface area contributed by atoms with Gasteiger partial charge in [0.2, 0.25) is 0 Å². The molecule has 2 nitrogen and oxygen atoms in total. The highest BCUT2D eigenvalue weighted by molar-refractivity contribution is 4.67. The Morgan fingerprint density at radius 1 is 0.778 bits per heavy atom. The summed E-state index contributed by atoms with van der Waals surface area (Å²) < 4.78 is 11.4. The third-order valence-electron chi connectivity index (χ3n) is 3.89. The molecule has 0 aliphatic carbocycles. The first kappa shape index (κ1) is 16.0. The van der Waals surface area contributed by atoms with Gasteiger partial charge in [-0.25, -0.2) is 0 Å². The third-order valence-corrected chi connectivity index (χ3v) is 3.89. The van der Waals surface area contributed by atoms with E-state index in [4.69, 9.17) is 9.47 Å². The van der Waals surface area contributed by atoms with Gasteiger partial charge in [0.25, 0.3) is 0 Å². The van der Waals surface area contributed by atoms with Crippen molar-refractivity contribution in [1.29, 1.82) is 0 Å². The van der Waals surface area contributed by atoms with Gasteiger partial charge in [-0.2, -0.15) is 0 Å². The number of ether oxygens (including phenoxy) is 2. The van der Waals surface area contributed by atoms with Crippen LogP contribution in [0, 0.1) is 5.92 Å². The maximum absolute atomic E-state index is 5.71. The summed E-state index contributed by atoms with van der Waals surface area (Å²) in [6, 6.07) is 0. The minimum absolute atomic E-state index is 0.105. The highest BCUT2D eigenvalue weighted by atomic mass is 16.7. The van der Waals surface area contributed by atoms with Gasteiger partial charge in [0.05, 0.1) is 13.2 Å². The lowest BCUT2D eigenvalue weighted by Gasteiger charge is -2.22. The number of hydrogen-bond donors (Lipinski definition) is 0. The second-order valence-corrected chi connectivity index (χ2v) is 5.57. The fourth-order valence-electron chi connectivity index (χ4n) is 2.73. The molecule has 0 saturated carbocycles. The molecule has 1 fully saturated rings. The monoisotopic (exact) mass is 256 g/mol. The van der Waals surface area contributed by atoms with Crippen molar-refractivity contribution < 1.29 is 9.47 Å². The van der Waals surface area contributed by atoms with Crippen LogP contribution in [0.5, 0.6) is 0 Å². The zero-order chi connectivity index (χ0) is 13.1. The second-order valence-electron chi connectivity index (χ2n) is 5.57. The zero-order valence-corrected chi connectivity index (χ0v) is 12.5. The Hall–Kier alpha value is -0.0800. The molecule has 18 heavy (non-hydrogen) atoms. The van der Waals surface area contributed by atoms with Gasteiger partial charge in [0.15, 0.2) is 6.29 Å². The molecule has 0 aromatic rings. The molecule has 2 heteroatoms. The Balaban J connectivity index is 2.18. The summed E-state index contributed by atoms with van der Waals surface area (Å²) in [6.07, 6.45) is 13.5. The highest BCUT2D eigenvalue weighted by Crippen LogP contribution is 2.26. The molecule has 0 aromatic carbocycles. The van der Waals surface area contributed by atoms with E-state index in [-0.39, 0.29) is 6.29 Å². The minimum atomic E-state index is 0.105. The van der Waals surface area contributed by atoms with Crippen LogP contribution in [0.4, 0.5) is 0 Å². The van der Waals surface area contributed by atoms with Crippen molar-refractivity contribution in [2.24, 2.45) is 5.92 Å². The second kappa shape index (κ2) is 10.8. The van der Waals surface area contributed by atoms with Crippen molar-refractivity contribution in [3.63, 3.8) is 0 Å². The summed E-state index contributed by atoms with van der Waals surface area (Å²) in [7, 11) is 0. The van der Waals surface area contributed by atoms with Gasteiger partial charge in [0.1, 0.15) is 0 Å². The molecule has 0 N–H and O–H groups in total. The van der Waals surface area contributed by atoms with Gasteiger partial charge in [-0.1, -0.05) is 65.2 Å². The fourth-order valence-corrected chi connectivity index (χ4v) is 2.73. The molecule has 0 aromatic heterocycles. The first-order chi connectivity index (χ1) is 8.88. The summed E-state index contributed by atoms with van der Waals surface area (Å²) in [6.45, 7) is 6.13. The van der Waals surface area contributed by atoms with Crippen LogP contribution in [0.15, 0.2) is 0 Å². The van der Waals surface area contributed by atoms with Crippen molar-refractivity contribution in [1.82, 2.24) is 0 Å². The summed E-state index contributed by atoms with van der Waals surface area (Å²) in [5.74, 6) is 0.640. The van der Waals surface area contributed by atoms with Crippen LogP contribution in [0.2, 0.25) is 0 Å². The van der Waals surface area contributed by atoms with Crippen molar-refractivity contribution >= 4 is 0 Å². The predicted molar refractivity (Wildman–Crippen MR) is 76.7 cm³/mol. The highest BCUT2D eigenvalue weighted by Gasteiger charge is 2.25. The lowest BCUT2D eigenvalue weighted by Crippen LogP contribution is -2.21. The third kappa shape index (κ3) is 6.75. The molecule has 1 rings (SSSR count). The maximum Gasteiger partial charge on any atom is 0.160 e. The van der Waals surface area contributed by atoms with Gasteiger partial charge < -0.3 is 9.47 Å². The normalized spacial score (nSPS) is 16.8. The van der Waals surface area contributed by atoms with E-state index in [9.17, 15) is 0 Å². The summed E-state index contributed by atoms with van der Waals surface area (Å²) in [5, 5.41) is 0. The van der Waals surface area contributed by atoms with Gasteiger partial charge >= 0.3 is 0 Å². The molecule has 0 bridgehead atoms. The molecule has 1 aliphatic rings. The van der Waals surface area contributed by atoms with Gasteiger partial charge in [0, 0.05) is 5.92 Å². The molecular formula is C16H32O2. The summed E-state index contributed by atoms with van der Waals surface area (Å²) in [4.78, 5) is 0. The largest absolute Gasteiger partial charge is 0.350 e. The van der Waals surface area contributed by atoms with Gasteiger partial charge in [-0.15, -0.1) is 0 Å². The van der Waals surface area contributed by atoms with Gasteiger partial charge in [-0.3, -0.25) is 0 Å². The average Bonchev–Trinajstić information content (AvgIpc) is 2.91. The maximum atomic E-state index is 5.71. The predicted octanol–water partition coefficient (Wildman–Crippen LogP) is 4.92. The van der Waals surface area contributed by atoms with Crippen molar-refractivity contribution in [2.45, 2.75) is 84.3 Å². The standard InChI is InChI=1S/C16H32O2/c1-3-5-7-9-11-15(12-10-8-6-4-2)16-17-13-14-18-16/h15-16H,3-14H2,1-2H3. The lowest BCUT2D eigenvalue weighted by molar-refractivity contribution is -0.0885. The van der Waals surface area contributed by atoms with E-state index in [1.165, 1.54) is 64.2 Å². The Bertz CT molecular complexity index is 164. The Kier molecular flexibility index (Phi) is 9.59. The molecule has 0 atom stereocenters. The molecule has 1 heterocycles. The van der Waals surface area contributed by atoms with Crippen LogP contribution in [0.1, 0.15) is 78.1 Å². The van der Waals surface area contributed by atoms with Crippen molar-refractivity contribution in [3.8, 4) is 0 Å². The molecular weight excluding hydrogens is 224 g/mol. The van der Waals surface area contributed by atoms with Crippen LogP contribution >= 0.6 is 0 Å². The molecule has 1 saturated heterocycles. The van der Waals surface area contributed by atoms with E-state index in [0.717, 1.165) is 13.2 Å². The van der Waals surface area contributed by atoms with E-state index < -0.39 is 0 Å². The smallest absolute Gasteiger partial charge is 0.160 e. The molecule has 0 amide bonds. The van der Waals surface area contributed by atoms with E-state index in [2.05, 4.69) is 13.8 Å². The molecule has 1 aliphatic heterocycles. The molecule has 0 spiro atoms. The Labute approximate surface area is 113 Å². The van der Waals surface area contributed by atoms with E-state index in [1.807, 2.05) is 0 Å². The molecule has 0 radical (unpaired) electrons. The Morgan fingerprint density at radius 2 is 1.28 bits per heavy atom. The quantitative estimate of drug-likeness (QED) is 0.489. The number of rotatable bonds is 11. The van der Waals surface area contributed by atoms with Crippen LogP contribution < -0.4 is 0 Å². The van der Waals surface area contributed by atoms with Crippen LogP contribution in [0.25, 0.3) is 0 Å². The van der Waals surface area contributed by atoms with Crippen molar-refractivity contribution in [2.75, 3.05) is 13.2 Å². The number of hydrogen-bond acceptors (Lipinski definition) is 2. The SMILES string of the molecule is CCCCCCC(CCCCCC)C1OCCO1. The minimum Gasteiger partial charge on any atom is -0.350 e. The van der Waals surface area contributed by atoms with E-state index >= 15 is 0 Å². The first-order valence-electron chi connectivity index (χ1n) is 8.11. The Morgan fingerprint density at radius 3 is 1.72 bits per heavy atom. The average molecular weight is 256 g/mol. The summed E-state index contributed by atoms with van der Waals surface area (Å²) >= 11 is 0. The van der Waals surface area contributed by atoms with E-state index in [1.54, 1.807) is 0 Å². The molecule has 108 valence electrons. The topological polar surface area (TPSA) is 18.5 Å². The van der Waals surface area contributed by atoms with Crippen LogP contribution in [-0.4, -0.2) is 19.5 Å².